The normalized spacial score (nSPS) is 16.7. The fourth-order valence-electron chi connectivity index (χ4n) is 4.57. The summed E-state index contributed by atoms with van der Waals surface area (Å²) in [5, 5.41) is 2.90. The van der Waals surface area contributed by atoms with Crippen LogP contribution in [0.1, 0.15) is 41.2 Å². The number of aromatic nitrogens is 2. The summed E-state index contributed by atoms with van der Waals surface area (Å²) in [6.07, 6.45) is 6.25. The number of hydrogen-bond acceptors (Lipinski definition) is 4. The van der Waals surface area contributed by atoms with E-state index in [2.05, 4.69) is 9.88 Å². The number of para-hydroxylation sites is 1. The van der Waals surface area contributed by atoms with E-state index in [0.29, 0.717) is 25.6 Å². The van der Waals surface area contributed by atoms with E-state index in [1.54, 1.807) is 12.1 Å². The molecular weight excluding hydrogens is 445 g/mol. The molecule has 35 heavy (non-hydrogen) atoms. The van der Waals surface area contributed by atoms with Crippen LogP contribution in [0.5, 0.6) is 0 Å². The zero-order chi connectivity index (χ0) is 24.9. The quantitative estimate of drug-likeness (QED) is 0.534. The Morgan fingerprint density at radius 2 is 2.00 bits per heavy atom. The fourth-order valence-corrected chi connectivity index (χ4v) is 4.57. The highest BCUT2D eigenvalue weighted by Crippen LogP contribution is 2.32. The van der Waals surface area contributed by atoms with Crippen LogP contribution in [-0.4, -0.2) is 64.9 Å². The minimum atomic E-state index is -0.470. The summed E-state index contributed by atoms with van der Waals surface area (Å²) in [5.74, 6) is -0.495. The van der Waals surface area contributed by atoms with E-state index < -0.39 is 11.7 Å². The van der Waals surface area contributed by atoms with Crippen molar-refractivity contribution in [1.29, 1.82) is 0 Å². The van der Waals surface area contributed by atoms with Gasteiger partial charge in [0.1, 0.15) is 5.82 Å². The van der Waals surface area contributed by atoms with Crippen molar-refractivity contribution in [2.45, 2.75) is 32.2 Å². The fraction of sp³-hybridized carbons (Fsp3) is 0.370. The number of amides is 2. The van der Waals surface area contributed by atoms with E-state index in [1.807, 2.05) is 55.1 Å². The van der Waals surface area contributed by atoms with E-state index in [1.165, 1.54) is 18.2 Å². The summed E-state index contributed by atoms with van der Waals surface area (Å²) in [7, 11) is 3.92. The molecule has 0 spiro atoms. The Labute approximate surface area is 205 Å². The third-order valence-electron chi connectivity index (χ3n) is 6.28. The number of hydrogen-bond donors (Lipinski definition) is 1. The van der Waals surface area contributed by atoms with Gasteiger partial charge in [0.15, 0.2) is 0 Å². The Morgan fingerprint density at radius 1 is 1.20 bits per heavy atom. The lowest BCUT2D eigenvalue weighted by Crippen LogP contribution is -2.35. The average molecular weight is 478 g/mol. The number of imidazole rings is 1. The molecule has 8 heteroatoms. The number of nitrogens with zero attached hydrogens (tertiary/aromatic N) is 4. The van der Waals surface area contributed by atoms with Crippen molar-refractivity contribution in [3.05, 3.63) is 71.6 Å². The summed E-state index contributed by atoms with van der Waals surface area (Å²) in [4.78, 5) is 34.5. The molecule has 0 saturated carbocycles. The minimum absolute atomic E-state index is 0.00904. The van der Waals surface area contributed by atoms with Gasteiger partial charge in [-0.15, -0.1) is 0 Å². The van der Waals surface area contributed by atoms with Gasteiger partial charge in [0.25, 0.3) is 5.91 Å². The Bertz CT molecular complexity index is 1250. The van der Waals surface area contributed by atoms with Crippen molar-refractivity contribution in [2.24, 2.45) is 0 Å². The van der Waals surface area contributed by atoms with Crippen LogP contribution in [-0.2, 0) is 4.79 Å². The molecule has 0 radical (unpaired) electrons. The van der Waals surface area contributed by atoms with Gasteiger partial charge in [0.2, 0.25) is 11.9 Å². The van der Waals surface area contributed by atoms with Crippen LogP contribution in [0.2, 0.25) is 0 Å². The molecule has 1 aliphatic heterocycles. The molecule has 1 unspecified atom stereocenters. The van der Waals surface area contributed by atoms with Crippen LogP contribution in [0.3, 0.4) is 0 Å². The first kappa shape index (κ1) is 24.6. The Kier molecular flexibility index (Phi) is 7.60. The molecular formula is C27H32FN5O2. The molecule has 1 atom stereocenters. The van der Waals surface area contributed by atoms with Gasteiger partial charge in [-0.3, -0.25) is 14.9 Å². The molecule has 2 aromatic carbocycles. The molecule has 1 saturated heterocycles. The minimum Gasteiger partial charge on any atom is -0.337 e. The molecule has 1 N–H and O–H groups in total. The van der Waals surface area contributed by atoms with E-state index in [4.69, 9.17) is 4.98 Å². The maximum atomic E-state index is 13.7. The van der Waals surface area contributed by atoms with Crippen molar-refractivity contribution < 1.29 is 14.0 Å². The second kappa shape index (κ2) is 10.8. The third-order valence-corrected chi connectivity index (χ3v) is 6.28. The third kappa shape index (κ3) is 5.77. The Balaban J connectivity index is 1.68. The van der Waals surface area contributed by atoms with E-state index in [9.17, 15) is 14.0 Å². The van der Waals surface area contributed by atoms with Crippen LogP contribution in [0, 0.1) is 12.7 Å². The summed E-state index contributed by atoms with van der Waals surface area (Å²) >= 11 is 0. The molecule has 4 rings (SSSR count). The lowest BCUT2D eigenvalue weighted by Gasteiger charge is -2.26. The smallest absolute Gasteiger partial charge is 0.258 e. The first-order valence-corrected chi connectivity index (χ1v) is 12.0. The number of carbonyl (C=O) groups excluding carboxylic acids is 2. The number of likely N-dealkylation sites (N-methyl/N-ethyl adjacent to an activating group) is 1. The van der Waals surface area contributed by atoms with Crippen LogP contribution in [0.25, 0.3) is 11.0 Å². The van der Waals surface area contributed by atoms with E-state index in [0.717, 1.165) is 35.9 Å². The molecule has 3 aromatic rings. The van der Waals surface area contributed by atoms with Crippen molar-refractivity contribution in [2.75, 3.05) is 39.0 Å². The molecule has 2 amide bonds. The Morgan fingerprint density at radius 3 is 2.77 bits per heavy atom. The second-order valence-electron chi connectivity index (χ2n) is 9.31. The molecule has 2 heterocycles. The molecule has 1 aliphatic rings. The maximum Gasteiger partial charge on any atom is 0.258 e. The van der Waals surface area contributed by atoms with Crippen molar-refractivity contribution in [1.82, 2.24) is 19.4 Å². The van der Waals surface area contributed by atoms with Gasteiger partial charge < -0.3 is 14.4 Å². The molecule has 184 valence electrons. The number of likely N-dealkylation sites (tertiary alicyclic amines) is 1. The number of rotatable bonds is 6. The van der Waals surface area contributed by atoms with Gasteiger partial charge in [0.05, 0.1) is 17.1 Å². The molecule has 1 fully saturated rings. The second-order valence-corrected chi connectivity index (χ2v) is 9.31. The van der Waals surface area contributed by atoms with Crippen LogP contribution >= 0.6 is 0 Å². The van der Waals surface area contributed by atoms with Gasteiger partial charge in [-0.2, -0.15) is 0 Å². The van der Waals surface area contributed by atoms with Gasteiger partial charge in [-0.25, -0.2) is 9.37 Å². The Hall–Kier alpha value is -3.52. The highest BCUT2D eigenvalue weighted by molar-refractivity contribution is 6.04. The first-order valence-electron chi connectivity index (χ1n) is 12.0. The SMILES string of the molecule is Cc1cccc2nc(NC(=O)c3cccc(F)c3)n(C3CCCCN(C(=O)/C=C/CN(C)C)C3)c12. The average Bonchev–Trinajstić information content (AvgIpc) is 3.01. The molecule has 1 aromatic heterocycles. The molecule has 0 aliphatic carbocycles. The molecule has 0 bridgehead atoms. The predicted octanol–water partition coefficient (Wildman–Crippen LogP) is 4.41. The van der Waals surface area contributed by atoms with Gasteiger partial charge >= 0.3 is 0 Å². The van der Waals surface area contributed by atoms with E-state index in [-0.39, 0.29) is 17.5 Å². The largest absolute Gasteiger partial charge is 0.337 e. The lowest BCUT2D eigenvalue weighted by molar-refractivity contribution is -0.126. The summed E-state index contributed by atoms with van der Waals surface area (Å²) in [6.45, 7) is 3.93. The maximum absolute atomic E-state index is 13.7. The van der Waals surface area contributed by atoms with Crippen molar-refractivity contribution >= 4 is 28.8 Å². The van der Waals surface area contributed by atoms with Gasteiger partial charge in [0, 0.05) is 31.3 Å². The highest BCUT2D eigenvalue weighted by atomic mass is 19.1. The summed E-state index contributed by atoms with van der Waals surface area (Å²) in [5.41, 5.74) is 2.97. The topological polar surface area (TPSA) is 70.5 Å². The summed E-state index contributed by atoms with van der Waals surface area (Å²) in [6, 6.07) is 11.4. The predicted molar refractivity (Wildman–Crippen MR) is 136 cm³/mol. The van der Waals surface area contributed by atoms with Gasteiger partial charge in [-0.05, 0) is 70.1 Å². The van der Waals surface area contributed by atoms with Crippen LogP contribution in [0.15, 0.2) is 54.6 Å². The van der Waals surface area contributed by atoms with E-state index >= 15 is 0 Å². The van der Waals surface area contributed by atoms with Gasteiger partial charge in [-0.1, -0.05) is 24.3 Å². The zero-order valence-electron chi connectivity index (χ0n) is 20.5. The lowest BCUT2D eigenvalue weighted by atomic mass is 10.1. The zero-order valence-corrected chi connectivity index (χ0v) is 20.5. The number of carbonyl (C=O) groups is 2. The van der Waals surface area contributed by atoms with Crippen LogP contribution in [0.4, 0.5) is 10.3 Å². The highest BCUT2D eigenvalue weighted by Gasteiger charge is 2.27. The summed E-state index contributed by atoms with van der Waals surface area (Å²) < 4.78 is 15.8. The first-order chi connectivity index (χ1) is 16.8. The van der Waals surface area contributed by atoms with Crippen LogP contribution < -0.4 is 5.32 Å². The number of aryl methyl sites for hydroxylation is 1. The standard InChI is InChI=1S/C27H32FN5O2/c1-19-9-6-13-23-25(19)33(27(29-23)30-26(35)20-10-7-11-21(28)17-20)22-12-4-5-16-32(18-22)24(34)14-8-15-31(2)3/h6-11,13-14,17,22H,4-5,12,15-16,18H2,1-3H3,(H,29,30,35)/b14-8+. The number of nitrogens with one attached hydrogen (secondary N) is 1. The number of benzene rings is 2. The monoisotopic (exact) mass is 477 g/mol. The number of anilines is 1. The van der Waals surface area contributed by atoms with Crippen molar-refractivity contribution in [3.63, 3.8) is 0 Å². The van der Waals surface area contributed by atoms with Crippen molar-refractivity contribution in [3.8, 4) is 0 Å². The molecule has 7 nitrogen and oxygen atoms in total. The number of halogens is 1. The number of fused-ring (bicyclic) bond motifs is 1.